The highest BCUT2D eigenvalue weighted by molar-refractivity contribution is 6.33. The van der Waals surface area contributed by atoms with Gasteiger partial charge < -0.3 is 14.5 Å². The number of nitrogens with zero attached hydrogens (tertiary/aromatic N) is 3. The summed E-state index contributed by atoms with van der Waals surface area (Å²) in [5.74, 6) is 0.541. The molecule has 2 aliphatic rings. The summed E-state index contributed by atoms with van der Waals surface area (Å²) in [4.78, 5) is 30.2. The molecule has 0 radical (unpaired) electrons. The van der Waals surface area contributed by atoms with Gasteiger partial charge in [0.05, 0.1) is 10.6 Å². The zero-order chi connectivity index (χ0) is 22.1. The molecule has 6 nitrogen and oxygen atoms in total. The van der Waals surface area contributed by atoms with Crippen LogP contribution in [-0.4, -0.2) is 78.6 Å². The van der Waals surface area contributed by atoms with Crippen molar-refractivity contribution in [3.63, 3.8) is 0 Å². The Balaban J connectivity index is 1.43. The zero-order valence-electron chi connectivity index (χ0n) is 18.8. The number of halogens is 1. The number of benzene rings is 1. The number of likely N-dealkylation sites (tertiary alicyclic amines) is 2. The summed E-state index contributed by atoms with van der Waals surface area (Å²) in [6.45, 7) is 9.38. The molecule has 0 aromatic heterocycles. The number of amides is 2. The highest BCUT2D eigenvalue weighted by Crippen LogP contribution is 2.29. The second-order valence-electron chi connectivity index (χ2n) is 9.74. The molecular formula is C23H34ClN3O3. The van der Waals surface area contributed by atoms with Crippen molar-refractivity contribution in [2.45, 2.75) is 51.7 Å². The van der Waals surface area contributed by atoms with Gasteiger partial charge in [0.25, 0.3) is 5.91 Å². The molecule has 2 heterocycles. The molecule has 2 saturated heterocycles. The van der Waals surface area contributed by atoms with E-state index < -0.39 is 5.60 Å². The van der Waals surface area contributed by atoms with E-state index in [2.05, 4.69) is 4.90 Å². The van der Waals surface area contributed by atoms with E-state index in [0.717, 1.165) is 45.4 Å². The van der Waals surface area contributed by atoms with E-state index in [0.29, 0.717) is 22.5 Å². The summed E-state index contributed by atoms with van der Waals surface area (Å²) in [5, 5.41) is 0.525. The Morgan fingerprint density at radius 3 is 2.33 bits per heavy atom. The predicted octanol–water partition coefficient (Wildman–Crippen LogP) is 3.92. The summed E-state index contributed by atoms with van der Waals surface area (Å²) >= 11 is 6.34. The van der Waals surface area contributed by atoms with Crippen LogP contribution in [0.2, 0.25) is 5.02 Å². The summed E-state index contributed by atoms with van der Waals surface area (Å²) < 4.78 is 5.48. The Bertz CT molecular complexity index is 776. The van der Waals surface area contributed by atoms with Crippen LogP contribution in [0.4, 0.5) is 4.79 Å². The van der Waals surface area contributed by atoms with Gasteiger partial charge >= 0.3 is 6.09 Å². The third-order valence-corrected chi connectivity index (χ3v) is 6.13. The van der Waals surface area contributed by atoms with Crippen LogP contribution < -0.4 is 0 Å². The fourth-order valence-corrected chi connectivity index (χ4v) is 4.49. The normalized spacial score (nSPS) is 18.8. The molecule has 7 heteroatoms. The van der Waals surface area contributed by atoms with Crippen molar-refractivity contribution in [1.82, 2.24) is 14.7 Å². The maximum atomic E-state index is 12.2. The van der Waals surface area contributed by atoms with E-state index in [-0.39, 0.29) is 12.0 Å². The van der Waals surface area contributed by atoms with Crippen molar-refractivity contribution >= 4 is 23.6 Å². The van der Waals surface area contributed by atoms with E-state index >= 15 is 0 Å². The van der Waals surface area contributed by atoms with Crippen molar-refractivity contribution < 1.29 is 14.3 Å². The molecule has 166 valence electrons. The largest absolute Gasteiger partial charge is 0.444 e. The third kappa shape index (κ3) is 5.67. The quantitative estimate of drug-likeness (QED) is 0.719. The van der Waals surface area contributed by atoms with E-state index in [1.54, 1.807) is 19.0 Å². The Morgan fingerprint density at radius 2 is 1.80 bits per heavy atom. The second kappa shape index (κ2) is 9.15. The fourth-order valence-electron chi connectivity index (χ4n) is 4.21. The maximum Gasteiger partial charge on any atom is 0.410 e. The summed E-state index contributed by atoms with van der Waals surface area (Å²) in [5.41, 5.74) is 1.29. The zero-order valence-corrected chi connectivity index (χ0v) is 19.5. The first-order valence-electron chi connectivity index (χ1n) is 10.8. The maximum absolute atomic E-state index is 12.2. The van der Waals surface area contributed by atoms with E-state index in [4.69, 9.17) is 16.3 Å². The molecule has 0 bridgehead atoms. The van der Waals surface area contributed by atoms with Gasteiger partial charge in [0.1, 0.15) is 5.60 Å². The second-order valence-corrected chi connectivity index (χ2v) is 10.1. The molecule has 1 aromatic carbocycles. The molecule has 2 fully saturated rings. The van der Waals surface area contributed by atoms with Crippen LogP contribution in [0, 0.1) is 5.92 Å². The van der Waals surface area contributed by atoms with E-state index in [1.807, 2.05) is 43.9 Å². The van der Waals surface area contributed by atoms with Crippen molar-refractivity contribution in [3.8, 4) is 0 Å². The summed E-state index contributed by atoms with van der Waals surface area (Å²) in [6, 6.07) is 6.33. The number of carbonyl (C=O) groups is 2. The summed E-state index contributed by atoms with van der Waals surface area (Å²) in [7, 11) is 3.46. The molecule has 1 aromatic rings. The lowest BCUT2D eigenvalue weighted by Gasteiger charge is -2.47. The lowest BCUT2D eigenvalue weighted by molar-refractivity contribution is -0.00253. The number of ether oxygens (including phenoxy) is 1. The molecule has 30 heavy (non-hydrogen) atoms. The van der Waals surface area contributed by atoms with Crippen LogP contribution in [0.25, 0.3) is 0 Å². The Labute approximate surface area is 185 Å². The molecule has 2 aliphatic heterocycles. The monoisotopic (exact) mass is 435 g/mol. The molecule has 0 N–H and O–H groups in total. The minimum atomic E-state index is -0.445. The topological polar surface area (TPSA) is 53.1 Å². The predicted molar refractivity (Wildman–Crippen MR) is 119 cm³/mol. The number of hydrogen-bond donors (Lipinski definition) is 0. The molecule has 0 aliphatic carbocycles. The number of carbonyl (C=O) groups excluding carboxylic acids is 2. The van der Waals surface area contributed by atoms with Gasteiger partial charge in [-0.15, -0.1) is 0 Å². The van der Waals surface area contributed by atoms with Crippen LogP contribution in [0.3, 0.4) is 0 Å². The minimum absolute atomic E-state index is 0.0703. The molecule has 0 saturated carbocycles. The molecule has 3 rings (SSSR count). The van der Waals surface area contributed by atoms with Crippen molar-refractivity contribution in [1.29, 1.82) is 0 Å². The molecule has 0 atom stereocenters. The average Bonchev–Trinajstić information content (AvgIpc) is 2.62. The van der Waals surface area contributed by atoms with Gasteiger partial charge in [-0.2, -0.15) is 0 Å². The lowest BCUT2D eigenvalue weighted by Crippen LogP contribution is -2.56. The standard InChI is InChI=1S/C23H34ClN3O3/c1-23(2,3)30-22(29)26-10-8-18(9-11-26)27-14-17(15-27)12-16-6-7-19(20(24)13-16)21(28)25(4)5/h6-7,13,17-18H,8-12,14-15H2,1-5H3. The highest BCUT2D eigenvalue weighted by Gasteiger charge is 2.35. The van der Waals surface area contributed by atoms with Crippen LogP contribution in [0.5, 0.6) is 0 Å². The first-order chi connectivity index (χ1) is 14.0. The van der Waals surface area contributed by atoms with Gasteiger partial charge in [-0.05, 0) is 63.6 Å². The van der Waals surface area contributed by atoms with Gasteiger partial charge in [-0.3, -0.25) is 9.69 Å². The van der Waals surface area contributed by atoms with Crippen LogP contribution >= 0.6 is 11.6 Å². The smallest absolute Gasteiger partial charge is 0.410 e. The Kier molecular flexibility index (Phi) is 6.98. The van der Waals surface area contributed by atoms with Gasteiger partial charge in [-0.25, -0.2) is 4.79 Å². The Hall–Kier alpha value is -1.79. The Morgan fingerprint density at radius 1 is 1.17 bits per heavy atom. The van der Waals surface area contributed by atoms with Crippen LogP contribution in [0.1, 0.15) is 49.5 Å². The minimum Gasteiger partial charge on any atom is -0.444 e. The fraction of sp³-hybridized carbons (Fsp3) is 0.652. The molecule has 2 amide bonds. The van der Waals surface area contributed by atoms with Gasteiger partial charge in [0.15, 0.2) is 0 Å². The number of rotatable bonds is 4. The number of piperidine rings is 1. The third-order valence-electron chi connectivity index (χ3n) is 5.81. The first kappa shape index (κ1) is 22.9. The first-order valence-corrected chi connectivity index (χ1v) is 11.1. The SMILES string of the molecule is CN(C)C(=O)c1ccc(CC2CN(C3CCN(C(=O)OC(C)(C)C)CC3)C2)cc1Cl. The number of hydrogen-bond acceptors (Lipinski definition) is 4. The molecular weight excluding hydrogens is 402 g/mol. The van der Waals surface area contributed by atoms with Crippen LogP contribution in [0.15, 0.2) is 18.2 Å². The van der Waals surface area contributed by atoms with Gasteiger partial charge in [0, 0.05) is 46.3 Å². The van der Waals surface area contributed by atoms with Crippen LogP contribution in [-0.2, 0) is 11.2 Å². The average molecular weight is 436 g/mol. The lowest BCUT2D eigenvalue weighted by atomic mass is 9.88. The van der Waals surface area contributed by atoms with Crippen molar-refractivity contribution in [2.24, 2.45) is 5.92 Å². The van der Waals surface area contributed by atoms with Crippen molar-refractivity contribution in [3.05, 3.63) is 34.3 Å². The van der Waals surface area contributed by atoms with E-state index in [1.165, 1.54) is 5.56 Å². The highest BCUT2D eigenvalue weighted by atomic mass is 35.5. The van der Waals surface area contributed by atoms with E-state index in [9.17, 15) is 9.59 Å². The van der Waals surface area contributed by atoms with Gasteiger partial charge in [-0.1, -0.05) is 17.7 Å². The molecule has 0 spiro atoms. The molecule has 0 unspecified atom stereocenters. The van der Waals surface area contributed by atoms with Crippen molar-refractivity contribution in [2.75, 3.05) is 40.3 Å². The van der Waals surface area contributed by atoms with Gasteiger partial charge in [0.2, 0.25) is 0 Å². The summed E-state index contributed by atoms with van der Waals surface area (Å²) in [6.07, 6.45) is 2.78.